The molecule has 0 aliphatic rings. The van der Waals surface area contributed by atoms with Gasteiger partial charge < -0.3 is 10.4 Å². The van der Waals surface area contributed by atoms with Crippen LogP contribution in [0.1, 0.15) is 13.8 Å². The van der Waals surface area contributed by atoms with Gasteiger partial charge in [-0.1, -0.05) is 0 Å². The average molecular weight is 163 g/mol. The number of hydrogen-bond acceptors (Lipinski definition) is 3. The SMILES string of the molecule is CC(C)NC(=O)C(O)CS. The fraction of sp³-hybridized carbons (Fsp3) is 0.833. The number of amides is 1. The highest BCUT2D eigenvalue weighted by molar-refractivity contribution is 7.80. The summed E-state index contributed by atoms with van der Waals surface area (Å²) in [5, 5.41) is 11.4. The van der Waals surface area contributed by atoms with E-state index in [0.29, 0.717) is 0 Å². The van der Waals surface area contributed by atoms with Crippen LogP contribution in [0.4, 0.5) is 0 Å². The molecule has 0 aliphatic carbocycles. The first kappa shape index (κ1) is 9.78. The number of nitrogens with one attached hydrogen (secondary N) is 1. The van der Waals surface area contributed by atoms with Gasteiger partial charge in [0.15, 0.2) is 0 Å². The minimum atomic E-state index is -0.981. The van der Waals surface area contributed by atoms with Crippen molar-refractivity contribution in [3.05, 3.63) is 0 Å². The number of carbonyl (C=O) groups excluding carboxylic acids is 1. The van der Waals surface area contributed by atoms with Crippen molar-refractivity contribution in [2.45, 2.75) is 26.0 Å². The van der Waals surface area contributed by atoms with Gasteiger partial charge in [0.25, 0.3) is 0 Å². The van der Waals surface area contributed by atoms with Crippen LogP contribution >= 0.6 is 12.6 Å². The lowest BCUT2D eigenvalue weighted by Gasteiger charge is -2.10. The van der Waals surface area contributed by atoms with Crippen molar-refractivity contribution in [3.63, 3.8) is 0 Å². The lowest BCUT2D eigenvalue weighted by molar-refractivity contribution is -0.128. The second-order valence-corrected chi connectivity index (χ2v) is 2.73. The molecular weight excluding hydrogens is 150 g/mol. The van der Waals surface area contributed by atoms with Crippen LogP contribution in [0.5, 0.6) is 0 Å². The molecule has 1 atom stereocenters. The third kappa shape index (κ3) is 3.74. The lowest BCUT2D eigenvalue weighted by Crippen LogP contribution is -2.39. The molecule has 0 bridgehead atoms. The summed E-state index contributed by atoms with van der Waals surface area (Å²) < 4.78 is 0. The topological polar surface area (TPSA) is 49.3 Å². The van der Waals surface area contributed by atoms with Crippen LogP contribution in [0.25, 0.3) is 0 Å². The number of hydrogen-bond donors (Lipinski definition) is 3. The number of rotatable bonds is 3. The van der Waals surface area contributed by atoms with E-state index in [-0.39, 0.29) is 17.7 Å². The summed E-state index contributed by atoms with van der Waals surface area (Å²) in [7, 11) is 0. The first-order valence-electron chi connectivity index (χ1n) is 3.17. The molecule has 3 nitrogen and oxygen atoms in total. The van der Waals surface area contributed by atoms with Gasteiger partial charge in [0.2, 0.25) is 5.91 Å². The van der Waals surface area contributed by atoms with Crippen LogP contribution in [0.3, 0.4) is 0 Å². The van der Waals surface area contributed by atoms with Crippen LogP contribution < -0.4 is 5.32 Å². The number of carbonyl (C=O) groups is 1. The molecule has 0 saturated heterocycles. The molecule has 0 heterocycles. The van der Waals surface area contributed by atoms with Gasteiger partial charge in [-0.05, 0) is 13.8 Å². The smallest absolute Gasteiger partial charge is 0.249 e. The van der Waals surface area contributed by atoms with Gasteiger partial charge in [0.1, 0.15) is 6.10 Å². The van der Waals surface area contributed by atoms with Gasteiger partial charge in [-0.3, -0.25) is 4.79 Å². The zero-order valence-electron chi connectivity index (χ0n) is 6.16. The van der Waals surface area contributed by atoms with Gasteiger partial charge in [-0.15, -0.1) is 0 Å². The van der Waals surface area contributed by atoms with Crippen LogP contribution in [-0.2, 0) is 4.79 Å². The standard InChI is InChI=1S/C6H13NO2S/c1-4(2)7-6(9)5(8)3-10/h4-5,8,10H,3H2,1-2H3,(H,7,9). The Labute approximate surface area is 66.2 Å². The van der Waals surface area contributed by atoms with Crippen LogP contribution in [0.15, 0.2) is 0 Å². The maximum atomic E-state index is 10.8. The fourth-order valence-corrected chi connectivity index (χ4v) is 0.629. The van der Waals surface area contributed by atoms with E-state index in [1.165, 1.54) is 0 Å². The molecule has 0 radical (unpaired) electrons. The Morgan fingerprint density at radius 1 is 1.70 bits per heavy atom. The van der Waals surface area contributed by atoms with E-state index in [0.717, 1.165) is 0 Å². The lowest BCUT2D eigenvalue weighted by atomic mass is 10.3. The summed E-state index contributed by atoms with van der Waals surface area (Å²) in [6, 6.07) is 0.0713. The minimum Gasteiger partial charge on any atom is -0.382 e. The summed E-state index contributed by atoms with van der Waals surface area (Å²) in [5.41, 5.74) is 0. The van der Waals surface area contributed by atoms with Crippen LogP contribution in [0, 0.1) is 0 Å². The fourth-order valence-electron chi connectivity index (χ4n) is 0.464. The van der Waals surface area contributed by atoms with Gasteiger partial charge in [-0.2, -0.15) is 12.6 Å². The highest BCUT2D eigenvalue weighted by Gasteiger charge is 2.12. The van der Waals surface area contributed by atoms with Crippen molar-refractivity contribution < 1.29 is 9.90 Å². The molecule has 0 fully saturated rings. The third-order valence-corrected chi connectivity index (χ3v) is 1.25. The molecular formula is C6H13NO2S. The van der Waals surface area contributed by atoms with Crippen molar-refractivity contribution in [1.82, 2.24) is 5.32 Å². The highest BCUT2D eigenvalue weighted by Crippen LogP contribution is 1.88. The molecule has 10 heavy (non-hydrogen) atoms. The molecule has 1 amide bonds. The Morgan fingerprint density at radius 2 is 2.20 bits per heavy atom. The highest BCUT2D eigenvalue weighted by atomic mass is 32.1. The monoisotopic (exact) mass is 163 g/mol. The Balaban J connectivity index is 3.62. The molecule has 0 aromatic rings. The maximum absolute atomic E-state index is 10.8. The van der Waals surface area contributed by atoms with E-state index < -0.39 is 6.10 Å². The molecule has 2 N–H and O–H groups in total. The normalized spacial score (nSPS) is 13.3. The van der Waals surface area contributed by atoms with E-state index in [9.17, 15) is 4.79 Å². The molecule has 0 aliphatic heterocycles. The molecule has 0 saturated carbocycles. The minimum absolute atomic E-state index is 0.0713. The Morgan fingerprint density at radius 3 is 2.50 bits per heavy atom. The average Bonchev–Trinajstić information content (AvgIpc) is 1.85. The van der Waals surface area contributed by atoms with Crippen molar-refractivity contribution in [2.24, 2.45) is 0 Å². The summed E-state index contributed by atoms with van der Waals surface area (Å²) in [4.78, 5) is 10.8. The molecule has 60 valence electrons. The molecule has 4 heteroatoms. The number of aliphatic hydroxyl groups is 1. The summed E-state index contributed by atoms with van der Waals surface area (Å²) in [5.74, 6) is -0.191. The molecule has 1 unspecified atom stereocenters. The van der Waals surface area contributed by atoms with Crippen molar-refractivity contribution in [1.29, 1.82) is 0 Å². The number of aliphatic hydroxyl groups excluding tert-OH is 1. The van der Waals surface area contributed by atoms with Crippen molar-refractivity contribution in [3.8, 4) is 0 Å². The predicted molar refractivity (Wildman–Crippen MR) is 43.1 cm³/mol. The second kappa shape index (κ2) is 4.57. The van der Waals surface area contributed by atoms with E-state index in [4.69, 9.17) is 5.11 Å². The zero-order valence-corrected chi connectivity index (χ0v) is 7.06. The first-order chi connectivity index (χ1) is 4.57. The van der Waals surface area contributed by atoms with Gasteiger partial charge in [0, 0.05) is 11.8 Å². The third-order valence-electron chi connectivity index (χ3n) is 0.907. The Hall–Kier alpha value is -0.220. The quantitative estimate of drug-likeness (QED) is 0.505. The molecule has 0 aromatic heterocycles. The molecule has 0 rings (SSSR count). The van der Waals surface area contributed by atoms with Gasteiger partial charge >= 0.3 is 0 Å². The predicted octanol–water partition coefficient (Wildman–Crippen LogP) is -0.198. The molecule has 0 spiro atoms. The Bertz CT molecular complexity index is 116. The Kier molecular flexibility index (Phi) is 4.47. The van der Waals surface area contributed by atoms with Gasteiger partial charge in [-0.25, -0.2) is 0 Å². The van der Waals surface area contributed by atoms with E-state index in [1.54, 1.807) is 0 Å². The van der Waals surface area contributed by atoms with Crippen LogP contribution in [0.2, 0.25) is 0 Å². The van der Waals surface area contributed by atoms with Crippen molar-refractivity contribution in [2.75, 3.05) is 5.75 Å². The van der Waals surface area contributed by atoms with Crippen molar-refractivity contribution >= 4 is 18.5 Å². The van der Waals surface area contributed by atoms with Gasteiger partial charge in [0.05, 0.1) is 0 Å². The molecule has 0 aromatic carbocycles. The maximum Gasteiger partial charge on any atom is 0.249 e. The van der Waals surface area contributed by atoms with Crippen LogP contribution in [-0.4, -0.2) is 28.9 Å². The summed E-state index contributed by atoms with van der Waals surface area (Å²) >= 11 is 3.77. The summed E-state index contributed by atoms with van der Waals surface area (Å²) in [6.45, 7) is 3.67. The largest absolute Gasteiger partial charge is 0.382 e. The van der Waals surface area contributed by atoms with E-state index in [2.05, 4.69) is 17.9 Å². The zero-order chi connectivity index (χ0) is 8.15. The summed E-state index contributed by atoms with van der Waals surface area (Å²) in [6.07, 6.45) is -0.981. The first-order valence-corrected chi connectivity index (χ1v) is 3.80. The second-order valence-electron chi connectivity index (χ2n) is 2.36. The van der Waals surface area contributed by atoms with E-state index in [1.807, 2.05) is 13.8 Å². The van der Waals surface area contributed by atoms with E-state index >= 15 is 0 Å². The number of thiol groups is 1.